The third-order valence-corrected chi connectivity index (χ3v) is 3.52. The van der Waals surface area contributed by atoms with Gasteiger partial charge in [-0.2, -0.15) is 0 Å². The van der Waals surface area contributed by atoms with Crippen molar-refractivity contribution in [2.75, 3.05) is 13.1 Å². The van der Waals surface area contributed by atoms with Gasteiger partial charge in [0.25, 0.3) is 0 Å². The molecule has 0 spiro atoms. The Morgan fingerprint density at radius 3 is 2.37 bits per heavy atom. The van der Waals surface area contributed by atoms with Gasteiger partial charge in [0.1, 0.15) is 5.60 Å². The molecule has 5 heteroatoms. The fourth-order valence-electron chi connectivity index (χ4n) is 2.47. The van der Waals surface area contributed by atoms with Gasteiger partial charge in [-0.25, -0.2) is 4.79 Å². The first kappa shape index (κ1) is 15.8. The van der Waals surface area contributed by atoms with Gasteiger partial charge in [-0.1, -0.05) is 13.8 Å². The highest BCUT2D eigenvalue weighted by atomic mass is 16.6. The number of carboxylic acids is 1. The zero-order chi connectivity index (χ0) is 14.8. The van der Waals surface area contributed by atoms with Gasteiger partial charge in [-0.3, -0.25) is 4.79 Å². The van der Waals surface area contributed by atoms with Crippen LogP contribution in [0, 0.1) is 11.3 Å². The number of nitrogens with zero attached hydrogens (tertiary/aromatic N) is 1. The van der Waals surface area contributed by atoms with E-state index in [1.54, 1.807) is 4.90 Å². The number of ether oxygens (including phenoxy) is 1. The van der Waals surface area contributed by atoms with Crippen LogP contribution in [0.5, 0.6) is 0 Å². The van der Waals surface area contributed by atoms with Gasteiger partial charge >= 0.3 is 12.1 Å². The van der Waals surface area contributed by atoms with Crippen molar-refractivity contribution in [3.05, 3.63) is 0 Å². The minimum absolute atomic E-state index is 0.101. The second kappa shape index (κ2) is 5.39. The van der Waals surface area contributed by atoms with Gasteiger partial charge in [0, 0.05) is 19.5 Å². The number of aliphatic carboxylic acids is 1. The van der Waals surface area contributed by atoms with E-state index in [0.29, 0.717) is 19.5 Å². The van der Waals surface area contributed by atoms with Crippen molar-refractivity contribution in [3.63, 3.8) is 0 Å². The zero-order valence-corrected chi connectivity index (χ0v) is 12.5. The Hall–Kier alpha value is -1.26. The third-order valence-electron chi connectivity index (χ3n) is 3.52. The van der Waals surface area contributed by atoms with Crippen LogP contribution in [-0.4, -0.2) is 40.8 Å². The third kappa shape index (κ3) is 4.73. The maximum atomic E-state index is 12.0. The van der Waals surface area contributed by atoms with Crippen LogP contribution in [0.15, 0.2) is 0 Å². The van der Waals surface area contributed by atoms with Crippen molar-refractivity contribution in [1.82, 2.24) is 4.90 Å². The predicted molar refractivity (Wildman–Crippen MR) is 71.9 cm³/mol. The molecule has 0 aromatic heterocycles. The molecular weight excluding hydrogens is 246 g/mol. The van der Waals surface area contributed by atoms with Gasteiger partial charge in [0.05, 0.1) is 0 Å². The van der Waals surface area contributed by atoms with Crippen LogP contribution in [0.3, 0.4) is 0 Å². The number of carbonyl (C=O) groups excluding carboxylic acids is 1. The lowest BCUT2D eigenvalue weighted by atomic mass is 9.72. The molecule has 5 nitrogen and oxygen atoms in total. The van der Waals surface area contributed by atoms with Crippen molar-refractivity contribution in [2.24, 2.45) is 11.3 Å². The number of amides is 1. The SMILES string of the molecule is CC(C)(C)OC(=O)N1CCC(CC(=O)O)C(C)(C)C1. The molecule has 1 aliphatic rings. The van der Waals surface area contributed by atoms with Gasteiger partial charge in [0.2, 0.25) is 0 Å². The molecule has 0 aromatic carbocycles. The first-order valence-corrected chi connectivity index (χ1v) is 6.71. The lowest BCUT2D eigenvalue weighted by molar-refractivity contribution is -0.139. The van der Waals surface area contributed by atoms with Crippen LogP contribution >= 0.6 is 0 Å². The van der Waals surface area contributed by atoms with Gasteiger partial charge in [-0.15, -0.1) is 0 Å². The summed E-state index contributed by atoms with van der Waals surface area (Å²) in [5.74, 6) is -0.674. The summed E-state index contributed by atoms with van der Waals surface area (Å²) in [4.78, 5) is 24.6. The summed E-state index contributed by atoms with van der Waals surface area (Å²) in [5, 5.41) is 8.92. The van der Waals surface area contributed by atoms with E-state index in [1.807, 2.05) is 34.6 Å². The van der Waals surface area contributed by atoms with E-state index in [1.165, 1.54) is 0 Å². The van der Waals surface area contributed by atoms with Crippen molar-refractivity contribution >= 4 is 12.1 Å². The Morgan fingerprint density at radius 2 is 1.95 bits per heavy atom. The maximum Gasteiger partial charge on any atom is 0.410 e. The second-order valence-corrected chi connectivity index (χ2v) is 6.97. The zero-order valence-electron chi connectivity index (χ0n) is 12.5. The lowest BCUT2D eigenvalue weighted by Crippen LogP contribution is -2.50. The molecule has 1 atom stereocenters. The molecule has 1 heterocycles. The molecule has 0 radical (unpaired) electrons. The Balaban J connectivity index is 2.65. The van der Waals surface area contributed by atoms with E-state index in [9.17, 15) is 9.59 Å². The van der Waals surface area contributed by atoms with Crippen LogP contribution in [-0.2, 0) is 9.53 Å². The predicted octanol–water partition coefficient (Wildman–Crippen LogP) is 2.74. The largest absolute Gasteiger partial charge is 0.481 e. The van der Waals surface area contributed by atoms with Crippen molar-refractivity contribution in [1.29, 1.82) is 0 Å². The molecule has 1 rings (SSSR count). The smallest absolute Gasteiger partial charge is 0.410 e. The Labute approximate surface area is 114 Å². The summed E-state index contributed by atoms with van der Waals surface area (Å²) in [5.41, 5.74) is -0.702. The standard InChI is InChI=1S/C14H25NO4/c1-13(2,3)19-12(18)15-7-6-10(8-11(16)17)14(4,5)9-15/h10H,6-9H2,1-5H3,(H,16,17). The van der Waals surface area contributed by atoms with Crippen LogP contribution < -0.4 is 0 Å². The summed E-state index contributed by atoms with van der Waals surface area (Å²) >= 11 is 0. The first-order chi connectivity index (χ1) is 8.51. The van der Waals surface area contributed by atoms with Crippen LogP contribution in [0.4, 0.5) is 4.79 Å². The summed E-state index contributed by atoms with van der Waals surface area (Å²) in [7, 11) is 0. The van der Waals surface area contributed by atoms with Crippen LogP contribution in [0.2, 0.25) is 0 Å². The van der Waals surface area contributed by atoms with Gasteiger partial charge in [0.15, 0.2) is 0 Å². The first-order valence-electron chi connectivity index (χ1n) is 6.71. The van der Waals surface area contributed by atoms with Crippen molar-refractivity contribution in [3.8, 4) is 0 Å². The Morgan fingerprint density at radius 1 is 1.37 bits per heavy atom. The minimum Gasteiger partial charge on any atom is -0.481 e. The molecule has 0 saturated carbocycles. The highest BCUT2D eigenvalue weighted by molar-refractivity contribution is 5.69. The number of piperidine rings is 1. The molecule has 0 aromatic rings. The molecule has 0 aliphatic carbocycles. The lowest BCUT2D eigenvalue weighted by Gasteiger charge is -2.43. The van der Waals surface area contributed by atoms with Crippen LogP contribution in [0.1, 0.15) is 47.5 Å². The van der Waals surface area contributed by atoms with E-state index in [0.717, 1.165) is 0 Å². The maximum absolute atomic E-state index is 12.0. The van der Waals surface area contributed by atoms with Crippen molar-refractivity contribution in [2.45, 2.75) is 53.1 Å². The fourth-order valence-corrected chi connectivity index (χ4v) is 2.47. The Kier molecular flexibility index (Phi) is 4.48. The number of hydrogen-bond donors (Lipinski definition) is 1. The van der Waals surface area contributed by atoms with Crippen LogP contribution in [0.25, 0.3) is 0 Å². The molecule has 1 unspecified atom stereocenters. The number of rotatable bonds is 2. The summed E-state index contributed by atoms with van der Waals surface area (Å²) in [6.45, 7) is 10.7. The van der Waals surface area contributed by atoms with Gasteiger partial charge < -0.3 is 14.7 Å². The molecule has 1 saturated heterocycles. The molecule has 0 bridgehead atoms. The summed E-state index contributed by atoms with van der Waals surface area (Å²) < 4.78 is 5.36. The number of likely N-dealkylation sites (tertiary alicyclic amines) is 1. The fraction of sp³-hybridized carbons (Fsp3) is 0.857. The summed E-state index contributed by atoms with van der Waals surface area (Å²) in [6.07, 6.45) is 0.558. The average Bonchev–Trinajstić information content (AvgIpc) is 2.17. The quantitative estimate of drug-likeness (QED) is 0.838. The molecule has 1 aliphatic heterocycles. The molecule has 110 valence electrons. The minimum atomic E-state index is -0.774. The molecule has 1 fully saturated rings. The number of carboxylic acid groups (broad SMARTS) is 1. The topological polar surface area (TPSA) is 66.8 Å². The highest BCUT2D eigenvalue weighted by Crippen LogP contribution is 2.37. The average molecular weight is 271 g/mol. The molecular formula is C14H25NO4. The van der Waals surface area contributed by atoms with E-state index in [4.69, 9.17) is 9.84 Å². The normalized spacial score (nSPS) is 23.0. The van der Waals surface area contributed by atoms with E-state index >= 15 is 0 Å². The van der Waals surface area contributed by atoms with Gasteiger partial charge in [-0.05, 0) is 38.5 Å². The molecule has 19 heavy (non-hydrogen) atoms. The second-order valence-electron chi connectivity index (χ2n) is 6.97. The summed E-state index contributed by atoms with van der Waals surface area (Å²) in [6, 6.07) is 0. The van der Waals surface area contributed by atoms with E-state index < -0.39 is 11.6 Å². The molecule has 1 amide bonds. The number of carbonyl (C=O) groups is 2. The van der Waals surface area contributed by atoms with E-state index in [-0.39, 0.29) is 23.8 Å². The van der Waals surface area contributed by atoms with Crippen molar-refractivity contribution < 1.29 is 19.4 Å². The highest BCUT2D eigenvalue weighted by Gasteiger charge is 2.39. The molecule has 1 N–H and O–H groups in total. The monoisotopic (exact) mass is 271 g/mol. The Bertz CT molecular complexity index is 357. The number of hydrogen-bond acceptors (Lipinski definition) is 3. The van der Waals surface area contributed by atoms with E-state index in [2.05, 4.69) is 0 Å².